The molecule has 19 heavy (non-hydrogen) atoms. The molecular formula is C13H16BrFN2O2. The lowest BCUT2D eigenvalue weighted by molar-refractivity contribution is 0.0610. The van der Waals surface area contributed by atoms with Crippen molar-refractivity contribution in [3.05, 3.63) is 34.1 Å². The van der Waals surface area contributed by atoms with E-state index in [4.69, 9.17) is 5.11 Å². The number of rotatable bonds is 3. The largest absolute Gasteiger partial charge is 0.395 e. The predicted molar refractivity (Wildman–Crippen MR) is 73.5 cm³/mol. The van der Waals surface area contributed by atoms with Crippen LogP contribution in [0.3, 0.4) is 0 Å². The van der Waals surface area contributed by atoms with Crippen LogP contribution in [0.25, 0.3) is 0 Å². The van der Waals surface area contributed by atoms with Gasteiger partial charge in [0.05, 0.1) is 12.2 Å². The number of piperazine rings is 1. The predicted octanol–water partition coefficient (Wildman–Crippen LogP) is 1.34. The Balaban J connectivity index is 2.01. The lowest BCUT2D eigenvalue weighted by Crippen LogP contribution is -2.49. The minimum Gasteiger partial charge on any atom is -0.395 e. The van der Waals surface area contributed by atoms with Gasteiger partial charge in [-0.2, -0.15) is 0 Å². The molecule has 0 aliphatic carbocycles. The first kappa shape index (κ1) is 14.4. The number of amides is 1. The van der Waals surface area contributed by atoms with Crippen molar-refractivity contribution in [2.45, 2.75) is 0 Å². The van der Waals surface area contributed by atoms with Gasteiger partial charge in [-0.1, -0.05) is 15.9 Å². The number of carbonyl (C=O) groups excluding carboxylic acids is 1. The Morgan fingerprint density at radius 1 is 1.32 bits per heavy atom. The van der Waals surface area contributed by atoms with Gasteiger partial charge in [0.25, 0.3) is 5.91 Å². The molecule has 1 heterocycles. The van der Waals surface area contributed by atoms with E-state index in [0.717, 1.165) is 0 Å². The molecule has 0 radical (unpaired) electrons. The van der Waals surface area contributed by atoms with Crippen molar-refractivity contribution in [3.8, 4) is 0 Å². The Bertz CT molecular complexity index is 462. The molecule has 1 fully saturated rings. The smallest absolute Gasteiger partial charge is 0.256 e. The van der Waals surface area contributed by atoms with E-state index in [9.17, 15) is 9.18 Å². The van der Waals surface area contributed by atoms with Crippen LogP contribution >= 0.6 is 15.9 Å². The zero-order chi connectivity index (χ0) is 13.8. The molecule has 1 aliphatic heterocycles. The summed E-state index contributed by atoms with van der Waals surface area (Å²) in [4.78, 5) is 15.9. The van der Waals surface area contributed by atoms with Crippen molar-refractivity contribution < 1.29 is 14.3 Å². The molecule has 1 N–H and O–H groups in total. The Morgan fingerprint density at radius 2 is 2.00 bits per heavy atom. The van der Waals surface area contributed by atoms with Crippen LogP contribution in [0.5, 0.6) is 0 Å². The molecular weight excluding hydrogens is 315 g/mol. The van der Waals surface area contributed by atoms with Gasteiger partial charge < -0.3 is 10.0 Å². The molecule has 0 aromatic heterocycles. The van der Waals surface area contributed by atoms with Crippen LogP contribution in [0.1, 0.15) is 10.4 Å². The number of benzene rings is 1. The monoisotopic (exact) mass is 330 g/mol. The van der Waals surface area contributed by atoms with E-state index >= 15 is 0 Å². The van der Waals surface area contributed by atoms with Crippen molar-refractivity contribution in [2.75, 3.05) is 39.3 Å². The normalized spacial score (nSPS) is 16.7. The topological polar surface area (TPSA) is 43.8 Å². The van der Waals surface area contributed by atoms with E-state index < -0.39 is 5.82 Å². The van der Waals surface area contributed by atoms with Crippen molar-refractivity contribution in [1.29, 1.82) is 0 Å². The molecule has 0 saturated carbocycles. The number of aliphatic hydroxyl groups excluding tert-OH is 1. The van der Waals surface area contributed by atoms with Gasteiger partial charge in [-0.05, 0) is 18.2 Å². The maximum Gasteiger partial charge on any atom is 0.256 e. The standard InChI is InChI=1S/C13H16BrFN2O2/c14-10-1-2-11(12(15)9-10)13(19)17-5-3-16(4-6-17)7-8-18/h1-2,9,18H,3-8H2. The minimum absolute atomic E-state index is 0.110. The third-order valence-electron chi connectivity index (χ3n) is 3.24. The van der Waals surface area contributed by atoms with Crippen LogP contribution in [-0.4, -0.2) is 60.1 Å². The summed E-state index contributed by atoms with van der Waals surface area (Å²) in [5.41, 5.74) is 0.110. The van der Waals surface area contributed by atoms with E-state index in [-0.39, 0.29) is 18.1 Å². The van der Waals surface area contributed by atoms with E-state index in [1.54, 1.807) is 11.0 Å². The number of hydrogen-bond acceptors (Lipinski definition) is 3. The second-order valence-corrected chi connectivity index (χ2v) is 5.40. The molecule has 4 nitrogen and oxygen atoms in total. The lowest BCUT2D eigenvalue weighted by Gasteiger charge is -2.34. The minimum atomic E-state index is -0.503. The van der Waals surface area contributed by atoms with Crippen LogP contribution < -0.4 is 0 Å². The Hall–Kier alpha value is -0.980. The van der Waals surface area contributed by atoms with E-state index in [2.05, 4.69) is 20.8 Å². The van der Waals surface area contributed by atoms with E-state index in [0.29, 0.717) is 37.2 Å². The fraction of sp³-hybridized carbons (Fsp3) is 0.462. The molecule has 0 spiro atoms. The van der Waals surface area contributed by atoms with Crippen molar-refractivity contribution in [2.24, 2.45) is 0 Å². The van der Waals surface area contributed by atoms with Crippen LogP contribution in [0.2, 0.25) is 0 Å². The van der Waals surface area contributed by atoms with Gasteiger partial charge in [0.1, 0.15) is 5.82 Å². The average Bonchev–Trinajstić information content (AvgIpc) is 2.39. The first-order valence-electron chi connectivity index (χ1n) is 6.19. The van der Waals surface area contributed by atoms with Gasteiger partial charge >= 0.3 is 0 Å². The summed E-state index contributed by atoms with van der Waals surface area (Å²) in [5.74, 6) is -0.772. The van der Waals surface area contributed by atoms with E-state index in [1.165, 1.54) is 12.1 Å². The van der Waals surface area contributed by atoms with Gasteiger partial charge in [-0.25, -0.2) is 4.39 Å². The first-order valence-corrected chi connectivity index (χ1v) is 6.98. The second-order valence-electron chi connectivity index (χ2n) is 4.48. The molecule has 2 rings (SSSR count). The highest BCUT2D eigenvalue weighted by molar-refractivity contribution is 9.10. The second kappa shape index (κ2) is 6.45. The Labute approximate surface area is 119 Å². The maximum absolute atomic E-state index is 13.7. The number of nitrogens with zero attached hydrogens (tertiary/aromatic N) is 2. The van der Waals surface area contributed by atoms with Crippen molar-refractivity contribution in [1.82, 2.24) is 9.80 Å². The molecule has 1 saturated heterocycles. The van der Waals surface area contributed by atoms with Crippen LogP contribution in [0.15, 0.2) is 22.7 Å². The van der Waals surface area contributed by atoms with Gasteiger partial charge in [0.15, 0.2) is 0 Å². The number of carbonyl (C=O) groups is 1. The molecule has 104 valence electrons. The average molecular weight is 331 g/mol. The molecule has 0 atom stereocenters. The Kier molecular flexibility index (Phi) is 4.90. The Morgan fingerprint density at radius 3 is 2.58 bits per heavy atom. The van der Waals surface area contributed by atoms with Gasteiger partial charge in [0.2, 0.25) is 0 Å². The summed E-state index contributed by atoms with van der Waals surface area (Å²) in [7, 11) is 0. The van der Waals surface area contributed by atoms with Gasteiger partial charge in [-0.15, -0.1) is 0 Å². The van der Waals surface area contributed by atoms with Crippen molar-refractivity contribution in [3.63, 3.8) is 0 Å². The van der Waals surface area contributed by atoms with Gasteiger partial charge in [-0.3, -0.25) is 9.69 Å². The molecule has 1 amide bonds. The number of β-amino-alcohol motifs (C(OH)–C–C–N with tert-alkyl or cyclic N) is 1. The van der Waals surface area contributed by atoms with Gasteiger partial charge in [0, 0.05) is 37.2 Å². The van der Waals surface area contributed by atoms with E-state index in [1.807, 2.05) is 0 Å². The number of hydrogen-bond donors (Lipinski definition) is 1. The fourth-order valence-electron chi connectivity index (χ4n) is 2.15. The highest BCUT2D eigenvalue weighted by atomic mass is 79.9. The summed E-state index contributed by atoms with van der Waals surface area (Å²) in [6, 6.07) is 4.47. The maximum atomic E-state index is 13.7. The highest BCUT2D eigenvalue weighted by Crippen LogP contribution is 2.17. The zero-order valence-electron chi connectivity index (χ0n) is 10.5. The molecule has 1 aromatic rings. The highest BCUT2D eigenvalue weighted by Gasteiger charge is 2.23. The summed E-state index contributed by atoms with van der Waals surface area (Å²) in [5, 5.41) is 8.86. The summed E-state index contributed by atoms with van der Waals surface area (Å²) in [6.07, 6.45) is 0. The van der Waals surface area contributed by atoms with Crippen LogP contribution in [0.4, 0.5) is 4.39 Å². The molecule has 0 bridgehead atoms. The summed E-state index contributed by atoms with van der Waals surface area (Å²) < 4.78 is 14.4. The third kappa shape index (κ3) is 3.52. The molecule has 0 unspecified atom stereocenters. The first-order chi connectivity index (χ1) is 9.11. The number of halogens is 2. The summed E-state index contributed by atoms with van der Waals surface area (Å²) in [6.45, 7) is 3.29. The molecule has 6 heteroatoms. The molecule has 1 aromatic carbocycles. The fourth-order valence-corrected chi connectivity index (χ4v) is 2.48. The molecule has 1 aliphatic rings. The van der Waals surface area contributed by atoms with Crippen molar-refractivity contribution >= 4 is 21.8 Å². The summed E-state index contributed by atoms with van der Waals surface area (Å²) >= 11 is 3.17. The quantitative estimate of drug-likeness (QED) is 0.909. The number of aliphatic hydroxyl groups is 1. The van der Waals surface area contributed by atoms with Crippen LogP contribution in [0, 0.1) is 5.82 Å². The SMILES string of the molecule is O=C(c1ccc(Br)cc1F)N1CCN(CCO)CC1. The zero-order valence-corrected chi connectivity index (χ0v) is 12.1. The third-order valence-corrected chi connectivity index (χ3v) is 3.73. The lowest BCUT2D eigenvalue weighted by atomic mass is 10.1. The van der Waals surface area contributed by atoms with Crippen LogP contribution in [-0.2, 0) is 0 Å².